The predicted molar refractivity (Wildman–Crippen MR) is 67.6 cm³/mol. The molecule has 88 valence electrons. The molecule has 2 aromatic rings. The highest BCUT2D eigenvalue weighted by Gasteiger charge is 2.23. The molecule has 0 saturated heterocycles. The molecular formula is C13H16N4. The number of pyridine rings is 1. The third-order valence-corrected chi connectivity index (χ3v) is 2.70. The molecule has 0 aliphatic carbocycles. The summed E-state index contributed by atoms with van der Waals surface area (Å²) in [5.41, 5.74) is 9.11. The van der Waals surface area contributed by atoms with Crippen LogP contribution in [-0.2, 0) is 11.8 Å². The fourth-order valence-electron chi connectivity index (χ4n) is 1.95. The standard InChI is InChI=1S/C13H16N4/c1-13(2,3)12-10(6-7-14)17-8-9(15)4-5-11(17)16-12/h4-5,8H,6,15H2,1-3H3. The van der Waals surface area contributed by atoms with Crippen molar-refractivity contribution in [2.45, 2.75) is 32.6 Å². The zero-order valence-corrected chi connectivity index (χ0v) is 10.4. The number of aromatic nitrogens is 2. The largest absolute Gasteiger partial charge is 0.398 e. The average molecular weight is 228 g/mol. The van der Waals surface area contributed by atoms with Crippen LogP contribution in [0.15, 0.2) is 18.3 Å². The molecule has 0 aliphatic heterocycles. The van der Waals surface area contributed by atoms with Crippen molar-refractivity contribution in [3.63, 3.8) is 0 Å². The van der Waals surface area contributed by atoms with E-state index >= 15 is 0 Å². The first-order valence-electron chi connectivity index (χ1n) is 5.57. The number of rotatable bonds is 1. The van der Waals surface area contributed by atoms with Crippen molar-refractivity contribution in [3.05, 3.63) is 29.7 Å². The van der Waals surface area contributed by atoms with Crippen LogP contribution in [0, 0.1) is 11.3 Å². The summed E-state index contributed by atoms with van der Waals surface area (Å²) in [7, 11) is 0. The Kier molecular flexibility index (Phi) is 2.55. The maximum absolute atomic E-state index is 8.93. The van der Waals surface area contributed by atoms with Crippen LogP contribution in [0.4, 0.5) is 5.69 Å². The van der Waals surface area contributed by atoms with Crippen LogP contribution >= 0.6 is 0 Å². The molecule has 0 fully saturated rings. The number of nitrogen functional groups attached to an aromatic ring is 1. The zero-order valence-electron chi connectivity index (χ0n) is 10.4. The Labute approximate surface area is 101 Å². The van der Waals surface area contributed by atoms with Crippen molar-refractivity contribution >= 4 is 11.3 Å². The van der Waals surface area contributed by atoms with Gasteiger partial charge >= 0.3 is 0 Å². The average Bonchev–Trinajstić information content (AvgIpc) is 2.57. The maximum Gasteiger partial charge on any atom is 0.137 e. The SMILES string of the molecule is CC(C)(C)c1nc2ccc(N)cn2c1CC#N. The molecule has 17 heavy (non-hydrogen) atoms. The van der Waals surface area contributed by atoms with Gasteiger partial charge in [-0.05, 0) is 12.1 Å². The molecule has 2 heterocycles. The van der Waals surface area contributed by atoms with Crippen molar-refractivity contribution in [1.82, 2.24) is 9.38 Å². The number of imidazole rings is 1. The second kappa shape index (κ2) is 3.77. The van der Waals surface area contributed by atoms with Crippen molar-refractivity contribution in [2.24, 2.45) is 0 Å². The highest BCUT2D eigenvalue weighted by atomic mass is 15.0. The summed E-state index contributed by atoms with van der Waals surface area (Å²) in [6.45, 7) is 6.29. The van der Waals surface area contributed by atoms with Crippen LogP contribution in [-0.4, -0.2) is 9.38 Å². The number of nitriles is 1. The van der Waals surface area contributed by atoms with Crippen LogP contribution in [0.2, 0.25) is 0 Å². The van der Waals surface area contributed by atoms with E-state index in [0.29, 0.717) is 12.1 Å². The van der Waals surface area contributed by atoms with Crippen LogP contribution in [0.1, 0.15) is 32.2 Å². The van der Waals surface area contributed by atoms with Gasteiger partial charge in [0.15, 0.2) is 0 Å². The van der Waals surface area contributed by atoms with E-state index in [1.54, 1.807) is 0 Å². The second-order valence-electron chi connectivity index (χ2n) is 5.18. The zero-order chi connectivity index (χ0) is 12.6. The highest BCUT2D eigenvalue weighted by Crippen LogP contribution is 2.27. The van der Waals surface area contributed by atoms with Crippen LogP contribution in [0.25, 0.3) is 5.65 Å². The Morgan fingerprint density at radius 2 is 2.12 bits per heavy atom. The van der Waals surface area contributed by atoms with E-state index < -0.39 is 0 Å². The molecular weight excluding hydrogens is 212 g/mol. The highest BCUT2D eigenvalue weighted by molar-refractivity contribution is 5.51. The molecule has 2 N–H and O–H groups in total. The molecule has 0 aliphatic rings. The minimum Gasteiger partial charge on any atom is -0.398 e. The molecule has 2 rings (SSSR count). The minimum atomic E-state index is -0.0764. The quantitative estimate of drug-likeness (QED) is 0.814. The topological polar surface area (TPSA) is 67.1 Å². The van der Waals surface area contributed by atoms with Gasteiger partial charge in [0.2, 0.25) is 0 Å². The van der Waals surface area contributed by atoms with Crippen LogP contribution in [0.5, 0.6) is 0 Å². The monoisotopic (exact) mass is 228 g/mol. The Morgan fingerprint density at radius 1 is 1.41 bits per heavy atom. The summed E-state index contributed by atoms with van der Waals surface area (Å²) < 4.78 is 1.92. The molecule has 0 unspecified atom stereocenters. The van der Waals surface area contributed by atoms with E-state index in [1.807, 2.05) is 22.7 Å². The third kappa shape index (κ3) is 1.96. The Morgan fingerprint density at radius 3 is 2.71 bits per heavy atom. The van der Waals surface area contributed by atoms with Gasteiger partial charge in [0.05, 0.1) is 23.9 Å². The molecule has 0 aromatic carbocycles. The molecule has 0 bridgehead atoms. The minimum absolute atomic E-state index is 0.0764. The Bertz CT molecular complexity index is 596. The Hall–Kier alpha value is -2.02. The second-order valence-corrected chi connectivity index (χ2v) is 5.18. The van der Waals surface area contributed by atoms with E-state index in [0.717, 1.165) is 17.0 Å². The lowest BCUT2D eigenvalue weighted by molar-refractivity contribution is 0.566. The first kappa shape index (κ1) is 11.5. The van der Waals surface area contributed by atoms with Gasteiger partial charge in [-0.2, -0.15) is 5.26 Å². The van der Waals surface area contributed by atoms with Crippen LogP contribution in [0.3, 0.4) is 0 Å². The maximum atomic E-state index is 8.93. The lowest BCUT2D eigenvalue weighted by Crippen LogP contribution is -2.14. The summed E-state index contributed by atoms with van der Waals surface area (Å²) in [6, 6.07) is 5.90. The Balaban J connectivity index is 2.77. The number of nitrogens with two attached hydrogens (primary N) is 1. The fourth-order valence-corrected chi connectivity index (χ4v) is 1.95. The van der Waals surface area contributed by atoms with Gasteiger partial charge in [-0.3, -0.25) is 0 Å². The van der Waals surface area contributed by atoms with E-state index in [9.17, 15) is 0 Å². The molecule has 4 heteroatoms. The number of nitrogens with zero attached hydrogens (tertiary/aromatic N) is 3. The number of fused-ring (bicyclic) bond motifs is 1. The molecule has 0 radical (unpaired) electrons. The third-order valence-electron chi connectivity index (χ3n) is 2.70. The lowest BCUT2D eigenvalue weighted by atomic mass is 9.90. The van der Waals surface area contributed by atoms with E-state index in [-0.39, 0.29) is 5.41 Å². The van der Waals surface area contributed by atoms with E-state index in [2.05, 4.69) is 31.8 Å². The van der Waals surface area contributed by atoms with Crippen molar-refractivity contribution in [3.8, 4) is 6.07 Å². The molecule has 0 atom stereocenters. The smallest absolute Gasteiger partial charge is 0.137 e. The predicted octanol–water partition coefficient (Wildman–Crippen LogP) is 2.28. The molecule has 2 aromatic heterocycles. The lowest BCUT2D eigenvalue weighted by Gasteiger charge is -2.16. The summed E-state index contributed by atoms with van der Waals surface area (Å²) >= 11 is 0. The van der Waals surface area contributed by atoms with Gasteiger partial charge < -0.3 is 10.1 Å². The van der Waals surface area contributed by atoms with Crippen molar-refractivity contribution < 1.29 is 0 Å². The fraction of sp³-hybridized carbons (Fsp3) is 0.385. The number of anilines is 1. The van der Waals surface area contributed by atoms with Gasteiger partial charge in [-0.25, -0.2) is 4.98 Å². The molecule has 0 saturated carbocycles. The molecule has 0 spiro atoms. The van der Waals surface area contributed by atoms with Crippen molar-refractivity contribution in [1.29, 1.82) is 5.26 Å². The van der Waals surface area contributed by atoms with Gasteiger partial charge in [-0.15, -0.1) is 0 Å². The van der Waals surface area contributed by atoms with Crippen molar-refractivity contribution in [2.75, 3.05) is 5.73 Å². The van der Waals surface area contributed by atoms with Crippen LogP contribution < -0.4 is 5.73 Å². The van der Waals surface area contributed by atoms with Gasteiger partial charge in [-0.1, -0.05) is 20.8 Å². The summed E-state index contributed by atoms with van der Waals surface area (Å²) in [5.74, 6) is 0. The number of hydrogen-bond donors (Lipinski definition) is 1. The van der Waals surface area contributed by atoms with E-state index in [1.165, 1.54) is 0 Å². The van der Waals surface area contributed by atoms with Gasteiger partial charge in [0.1, 0.15) is 5.65 Å². The number of hydrogen-bond acceptors (Lipinski definition) is 3. The van der Waals surface area contributed by atoms with E-state index in [4.69, 9.17) is 11.0 Å². The van der Waals surface area contributed by atoms with Gasteiger partial charge in [0.25, 0.3) is 0 Å². The normalized spacial score (nSPS) is 11.6. The molecule has 4 nitrogen and oxygen atoms in total. The molecule has 0 amide bonds. The first-order chi connectivity index (χ1) is 7.93. The summed E-state index contributed by atoms with van der Waals surface area (Å²) in [4.78, 5) is 4.60. The summed E-state index contributed by atoms with van der Waals surface area (Å²) in [6.07, 6.45) is 2.17. The first-order valence-corrected chi connectivity index (χ1v) is 5.57. The summed E-state index contributed by atoms with van der Waals surface area (Å²) in [5, 5.41) is 8.93. The van der Waals surface area contributed by atoms with Gasteiger partial charge in [0, 0.05) is 17.3 Å².